The fourth-order valence-electron chi connectivity index (χ4n) is 5.72. The van der Waals surface area contributed by atoms with Crippen molar-refractivity contribution in [3.05, 3.63) is 123 Å². The number of ether oxygens (including phenoxy) is 2. The standard InChI is InChI=1S/C33H28N2O3.ClH/c36-33(37-20-21-8-2-1-3-9-21)25-13-5-4-12-24(25)32-26-16-22-10-6-14-34-28(22)18-30(26)38-31-19-29-23(17-27(31)32)11-7-15-35-29;/h1-5,8-9,12-13,16-19,34H,6-7,10-11,14-15,20H2;1H. The Morgan fingerprint density at radius 3 is 2.59 bits per heavy atom. The van der Waals surface area contributed by atoms with Crippen LogP contribution in [0, 0.1) is 0 Å². The van der Waals surface area contributed by atoms with Gasteiger partial charge in [0.1, 0.15) is 18.1 Å². The number of hydrogen-bond donors (Lipinski definition) is 1. The fourth-order valence-corrected chi connectivity index (χ4v) is 5.72. The molecule has 0 unspecified atom stereocenters. The van der Waals surface area contributed by atoms with Gasteiger partial charge in [-0.15, -0.1) is 12.4 Å². The van der Waals surface area contributed by atoms with Crippen LogP contribution >= 0.6 is 12.4 Å². The average Bonchev–Trinajstić information content (AvgIpc) is 2.97. The number of nitrogens with zero attached hydrogens (tertiary/aromatic N) is 1. The number of aryl methyl sites for hydroxylation is 2. The number of anilines is 1. The fraction of sp³-hybridized carbons (Fsp3) is 0.212. The van der Waals surface area contributed by atoms with Gasteiger partial charge in [-0.3, -0.25) is 4.99 Å². The number of fused-ring (bicyclic) bond motifs is 4. The first-order valence-corrected chi connectivity index (χ1v) is 13.4. The van der Waals surface area contributed by atoms with Gasteiger partial charge in [0.25, 0.3) is 0 Å². The van der Waals surface area contributed by atoms with E-state index in [2.05, 4.69) is 29.6 Å². The van der Waals surface area contributed by atoms with Crippen LogP contribution in [-0.4, -0.2) is 19.1 Å². The molecule has 0 amide bonds. The number of benzene rings is 4. The first-order valence-electron chi connectivity index (χ1n) is 13.4. The molecule has 0 atom stereocenters. The zero-order valence-corrected chi connectivity index (χ0v) is 22.4. The van der Waals surface area contributed by atoms with Crippen LogP contribution in [-0.2, 0) is 24.2 Å². The van der Waals surface area contributed by atoms with E-state index in [4.69, 9.17) is 14.5 Å². The Labute approximate surface area is 233 Å². The first-order chi connectivity index (χ1) is 18.7. The number of nitrogens with one attached hydrogen (secondary N) is 1. The van der Waals surface area contributed by atoms with E-state index in [1.807, 2.05) is 54.6 Å². The van der Waals surface area contributed by atoms with Crippen molar-refractivity contribution in [2.45, 2.75) is 32.3 Å². The summed E-state index contributed by atoms with van der Waals surface area (Å²) in [5, 5.41) is 5.53. The van der Waals surface area contributed by atoms with Crippen molar-refractivity contribution < 1.29 is 14.3 Å². The van der Waals surface area contributed by atoms with Crippen molar-refractivity contribution in [2.75, 3.05) is 18.4 Å². The maximum absolute atomic E-state index is 13.5. The summed E-state index contributed by atoms with van der Waals surface area (Å²) in [6, 6.07) is 26.2. The van der Waals surface area contributed by atoms with Crippen LogP contribution in [0.4, 0.5) is 5.69 Å². The third-order valence-corrected chi connectivity index (χ3v) is 7.60. The summed E-state index contributed by atoms with van der Waals surface area (Å²) in [6.45, 7) is 2.03. The van der Waals surface area contributed by atoms with Gasteiger partial charge in [0.15, 0.2) is 0 Å². The van der Waals surface area contributed by atoms with E-state index in [1.165, 1.54) is 11.1 Å². The minimum atomic E-state index is -0.334. The third kappa shape index (κ3) is 4.68. The van der Waals surface area contributed by atoms with Crippen LogP contribution in [0.15, 0.2) is 83.9 Å². The van der Waals surface area contributed by atoms with Gasteiger partial charge in [0.05, 0.1) is 10.9 Å². The number of carbonyl (C=O) groups excluding carboxylic acids is 1. The molecule has 3 heterocycles. The number of hydrogen-bond acceptors (Lipinski definition) is 5. The van der Waals surface area contributed by atoms with Crippen LogP contribution in [0.3, 0.4) is 0 Å². The number of halogens is 1. The average molecular weight is 537 g/mol. The molecule has 0 saturated carbocycles. The summed E-state index contributed by atoms with van der Waals surface area (Å²) in [5.74, 6) is 1.24. The topological polar surface area (TPSA) is 59.9 Å². The molecule has 0 aromatic heterocycles. The number of esters is 1. The maximum Gasteiger partial charge on any atom is 0.339 e. The monoisotopic (exact) mass is 536 g/mol. The second-order valence-electron chi connectivity index (χ2n) is 10.1. The lowest BCUT2D eigenvalue weighted by atomic mass is 9.87. The van der Waals surface area contributed by atoms with E-state index in [9.17, 15) is 4.79 Å². The van der Waals surface area contributed by atoms with E-state index in [0.29, 0.717) is 5.56 Å². The Morgan fingerprint density at radius 2 is 1.69 bits per heavy atom. The molecule has 0 aliphatic carbocycles. The molecule has 1 N–H and O–H groups in total. The SMILES string of the molecule is Cl.O=C(OCc1ccccc1)c1ccccc1C1=c2cc3c(cc2Oc2cc4c(cc21)CCCN4)=NCCC3. The summed E-state index contributed by atoms with van der Waals surface area (Å²) < 4.78 is 12.3. The van der Waals surface area contributed by atoms with Crippen LogP contribution in [0.25, 0.3) is 5.57 Å². The van der Waals surface area contributed by atoms with Gasteiger partial charge in [-0.2, -0.15) is 0 Å². The van der Waals surface area contributed by atoms with Crippen molar-refractivity contribution in [3.8, 4) is 11.5 Å². The van der Waals surface area contributed by atoms with Gasteiger partial charge in [0, 0.05) is 47.3 Å². The Kier molecular flexibility index (Phi) is 6.84. The molecular formula is C33H29ClN2O3. The molecule has 0 spiro atoms. The van der Waals surface area contributed by atoms with E-state index in [-0.39, 0.29) is 25.0 Å². The number of carbonyl (C=O) groups is 1. The largest absolute Gasteiger partial charge is 0.457 e. The highest BCUT2D eigenvalue weighted by Gasteiger charge is 2.27. The molecule has 6 heteroatoms. The van der Waals surface area contributed by atoms with Gasteiger partial charge in [-0.05, 0) is 66.1 Å². The summed E-state index contributed by atoms with van der Waals surface area (Å²) in [7, 11) is 0. The smallest absolute Gasteiger partial charge is 0.339 e. The molecule has 4 aromatic rings. The van der Waals surface area contributed by atoms with Gasteiger partial charge in [-0.25, -0.2) is 4.79 Å². The molecule has 3 aliphatic heterocycles. The second-order valence-corrected chi connectivity index (χ2v) is 10.1. The van der Waals surface area contributed by atoms with Crippen molar-refractivity contribution in [2.24, 2.45) is 4.99 Å². The van der Waals surface area contributed by atoms with E-state index in [1.54, 1.807) is 0 Å². The summed E-state index contributed by atoms with van der Waals surface area (Å²) in [6.07, 6.45) is 4.14. The highest BCUT2D eigenvalue weighted by atomic mass is 35.5. The van der Waals surface area contributed by atoms with Gasteiger partial charge in [0.2, 0.25) is 0 Å². The molecule has 5 nitrogen and oxygen atoms in total. The normalized spacial score (nSPS) is 14.6. The Balaban J connectivity index is 0.00000277. The molecule has 39 heavy (non-hydrogen) atoms. The van der Waals surface area contributed by atoms with Crippen LogP contribution in [0.2, 0.25) is 0 Å². The highest BCUT2D eigenvalue weighted by molar-refractivity contribution is 5.99. The lowest BCUT2D eigenvalue weighted by Gasteiger charge is -2.27. The van der Waals surface area contributed by atoms with Crippen molar-refractivity contribution in [3.63, 3.8) is 0 Å². The third-order valence-electron chi connectivity index (χ3n) is 7.60. The molecule has 3 aliphatic rings. The van der Waals surface area contributed by atoms with Crippen molar-refractivity contribution >= 4 is 29.6 Å². The predicted molar refractivity (Wildman–Crippen MR) is 155 cm³/mol. The molecule has 196 valence electrons. The van der Waals surface area contributed by atoms with E-state index in [0.717, 1.165) is 88.8 Å². The lowest BCUT2D eigenvalue weighted by Crippen LogP contribution is -2.26. The Hall–Kier alpha value is -4.09. The number of rotatable bonds is 4. The first kappa shape index (κ1) is 25.2. The van der Waals surface area contributed by atoms with E-state index >= 15 is 0 Å². The molecule has 0 radical (unpaired) electrons. The minimum Gasteiger partial charge on any atom is -0.457 e. The maximum atomic E-state index is 13.5. The summed E-state index contributed by atoms with van der Waals surface area (Å²) >= 11 is 0. The zero-order valence-electron chi connectivity index (χ0n) is 21.5. The lowest BCUT2D eigenvalue weighted by molar-refractivity contribution is 0.0472. The summed E-state index contributed by atoms with van der Waals surface area (Å²) in [4.78, 5) is 18.2. The Morgan fingerprint density at radius 1 is 0.872 bits per heavy atom. The van der Waals surface area contributed by atoms with Crippen LogP contribution < -0.4 is 20.6 Å². The molecule has 4 aromatic carbocycles. The predicted octanol–water partition coefficient (Wildman–Crippen LogP) is 5.74. The molecule has 0 bridgehead atoms. The van der Waals surface area contributed by atoms with Gasteiger partial charge >= 0.3 is 5.97 Å². The van der Waals surface area contributed by atoms with Gasteiger partial charge in [-0.1, -0.05) is 48.5 Å². The minimum absolute atomic E-state index is 0. The van der Waals surface area contributed by atoms with Crippen LogP contribution in [0.1, 0.15) is 51.0 Å². The van der Waals surface area contributed by atoms with Crippen molar-refractivity contribution in [1.29, 1.82) is 0 Å². The quantitative estimate of drug-likeness (QED) is 0.297. The van der Waals surface area contributed by atoms with Crippen molar-refractivity contribution in [1.82, 2.24) is 0 Å². The van der Waals surface area contributed by atoms with Gasteiger partial charge < -0.3 is 14.8 Å². The molecule has 0 fully saturated rings. The molecular weight excluding hydrogens is 508 g/mol. The van der Waals surface area contributed by atoms with E-state index < -0.39 is 0 Å². The molecule has 7 rings (SSSR count). The Bertz CT molecular complexity index is 1700. The highest BCUT2D eigenvalue weighted by Crippen LogP contribution is 2.41. The molecule has 0 saturated heterocycles. The zero-order chi connectivity index (χ0) is 25.5. The summed E-state index contributed by atoms with van der Waals surface area (Å²) in [5.41, 5.74) is 8.01. The van der Waals surface area contributed by atoms with Crippen LogP contribution in [0.5, 0.6) is 11.5 Å². The second kappa shape index (κ2) is 10.6.